The first-order valence-electron chi connectivity index (χ1n) is 11.1. The Morgan fingerprint density at radius 2 is 1.90 bits per heavy atom. The lowest BCUT2D eigenvalue weighted by Crippen LogP contribution is -2.38. The molecule has 0 radical (unpaired) electrons. The lowest BCUT2D eigenvalue weighted by atomic mass is 9.94. The van der Waals surface area contributed by atoms with Gasteiger partial charge < -0.3 is 10.2 Å². The van der Waals surface area contributed by atoms with Crippen LogP contribution in [0.5, 0.6) is 0 Å². The zero-order valence-electron chi connectivity index (χ0n) is 18.3. The zero-order valence-corrected chi connectivity index (χ0v) is 19.1. The van der Waals surface area contributed by atoms with Gasteiger partial charge in [0.05, 0.1) is 0 Å². The van der Waals surface area contributed by atoms with E-state index in [1.54, 1.807) is 11.3 Å². The van der Waals surface area contributed by atoms with Crippen LogP contribution in [0.2, 0.25) is 0 Å². The molecule has 6 heteroatoms. The molecule has 4 rings (SSSR count). The van der Waals surface area contributed by atoms with Crippen molar-refractivity contribution in [3.63, 3.8) is 0 Å². The van der Waals surface area contributed by atoms with Crippen molar-refractivity contribution in [3.05, 3.63) is 65.2 Å². The lowest BCUT2D eigenvalue weighted by molar-refractivity contribution is -0.121. The van der Waals surface area contributed by atoms with Crippen LogP contribution in [0.3, 0.4) is 0 Å². The summed E-state index contributed by atoms with van der Waals surface area (Å²) in [6.07, 6.45) is 2.99. The second kappa shape index (κ2) is 10.2. The molecule has 1 N–H and O–H groups in total. The van der Waals surface area contributed by atoms with E-state index >= 15 is 0 Å². The second-order valence-corrected chi connectivity index (χ2v) is 9.59. The maximum atomic E-state index is 12.8. The van der Waals surface area contributed by atoms with Crippen LogP contribution in [0.1, 0.15) is 42.7 Å². The summed E-state index contributed by atoms with van der Waals surface area (Å²) in [5.41, 5.74) is 3.22. The van der Waals surface area contributed by atoms with E-state index in [9.17, 15) is 4.79 Å². The number of nitrogens with zero attached hydrogens (tertiary/aromatic N) is 3. The zero-order chi connectivity index (χ0) is 21.6. The average Bonchev–Trinajstić information content (AvgIpc) is 3.25. The Morgan fingerprint density at radius 1 is 1.13 bits per heavy atom. The van der Waals surface area contributed by atoms with Gasteiger partial charge in [-0.25, -0.2) is 0 Å². The SMILES string of the molecule is Cc1nnc(-c2cccc(NC(=O)C3CCN(CC[C@@H](C)c4ccccc4)CC3)c2)s1. The van der Waals surface area contributed by atoms with E-state index in [1.165, 1.54) is 5.56 Å². The summed E-state index contributed by atoms with van der Waals surface area (Å²) < 4.78 is 0. The van der Waals surface area contributed by atoms with Crippen LogP contribution in [0, 0.1) is 12.8 Å². The highest BCUT2D eigenvalue weighted by atomic mass is 32.1. The number of nitrogens with one attached hydrogen (secondary N) is 1. The summed E-state index contributed by atoms with van der Waals surface area (Å²) >= 11 is 1.56. The van der Waals surface area contributed by atoms with Crippen molar-refractivity contribution < 1.29 is 4.79 Å². The molecule has 0 unspecified atom stereocenters. The molecule has 2 heterocycles. The fraction of sp³-hybridized carbons (Fsp3) is 0.400. The highest BCUT2D eigenvalue weighted by Gasteiger charge is 2.25. The van der Waals surface area contributed by atoms with Crippen molar-refractivity contribution in [1.82, 2.24) is 15.1 Å². The topological polar surface area (TPSA) is 58.1 Å². The number of aryl methyl sites for hydroxylation is 1. The number of carbonyl (C=O) groups is 1. The Balaban J connectivity index is 1.25. The van der Waals surface area contributed by atoms with Crippen LogP contribution < -0.4 is 5.32 Å². The molecule has 5 nitrogen and oxygen atoms in total. The third-order valence-electron chi connectivity index (χ3n) is 6.11. The third-order valence-corrected chi connectivity index (χ3v) is 7.00. The van der Waals surface area contributed by atoms with Crippen molar-refractivity contribution in [1.29, 1.82) is 0 Å². The van der Waals surface area contributed by atoms with Gasteiger partial charge in [-0.3, -0.25) is 4.79 Å². The van der Waals surface area contributed by atoms with Crippen LogP contribution in [0.25, 0.3) is 10.6 Å². The number of anilines is 1. The van der Waals surface area contributed by atoms with Crippen molar-refractivity contribution in [2.45, 2.75) is 39.0 Å². The van der Waals surface area contributed by atoms with Gasteiger partial charge in [0, 0.05) is 17.2 Å². The summed E-state index contributed by atoms with van der Waals surface area (Å²) in [5.74, 6) is 0.768. The number of carbonyl (C=O) groups excluding carboxylic acids is 1. The number of likely N-dealkylation sites (tertiary alicyclic amines) is 1. The highest BCUT2D eigenvalue weighted by Crippen LogP contribution is 2.27. The Morgan fingerprint density at radius 3 is 2.61 bits per heavy atom. The highest BCUT2D eigenvalue weighted by molar-refractivity contribution is 7.14. The molecule has 1 atom stereocenters. The summed E-state index contributed by atoms with van der Waals surface area (Å²) in [4.78, 5) is 15.3. The summed E-state index contributed by atoms with van der Waals surface area (Å²) in [6, 6.07) is 18.6. The average molecular weight is 435 g/mol. The van der Waals surface area contributed by atoms with Gasteiger partial charge in [-0.05, 0) is 69.4 Å². The van der Waals surface area contributed by atoms with E-state index in [0.717, 1.165) is 60.2 Å². The molecule has 1 saturated heterocycles. The van der Waals surface area contributed by atoms with Crippen LogP contribution in [-0.4, -0.2) is 40.6 Å². The minimum atomic E-state index is 0.0789. The van der Waals surface area contributed by atoms with Gasteiger partial charge >= 0.3 is 0 Å². The minimum Gasteiger partial charge on any atom is -0.326 e. The molecule has 2 aromatic carbocycles. The van der Waals surface area contributed by atoms with Crippen LogP contribution >= 0.6 is 11.3 Å². The number of hydrogen-bond acceptors (Lipinski definition) is 5. The molecular formula is C25H30N4OS. The molecule has 3 aromatic rings. The summed E-state index contributed by atoms with van der Waals surface area (Å²) in [5, 5.41) is 13.2. The summed E-state index contributed by atoms with van der Waals surface area (Å²) in [6.45, 7) is 7.31. The van der Waals surface area contributed by atoms with Gasteiger partial charge in [0.1, 0.15) is 10.0 Å². The number of benzene rings is 2. The van der Waals surface area contributed by atoms with E-state index in [4.69, 9.17) is 0 Å². The Kier molecular flexibility index (Phi) is 7.10. The first kappa shape index (κ1) is 21.7. The van der Waals surface area contributed by atoms with E-state index in [2.05, 4.69) is 57.7 Å². The Hall–Kier alpha value is -2.57. The van der Waals surface area contributed by atoms with Gasteiger partial charge in [0.25, 0.3) is 0 Å². The predicted octanol–water partition coefficient (Wildman–Crippen LogP) is 5.36. The van der Waals surface area contributed by atoms with E-state index in [-0.39, 0.29) is 11.8 Å². The van der Waals surface area contributed by atoms with Gasteiger partial charge in [-0.2, -0.15) is 0 Å². The van der Waals surface area contributed by atoms with E-state index < -0.39 is 0 Å². The fourth-order valence-electron chi connectivity index (χ4n) is 4.13. The molecule has 1 aliphatic heterocycles. The van der Waals surface area contributed by atoms with Gasteiger partial charge in [0.2, 0.25) is 5.91 Å². The molecule has 1 fully saturated rings. The third kappa shape index (κ3) is 5.77. The van der Waals surface area contributed by atoms with Gasteiger partial charge in [-0.1, -0.05) is 60.7 Å². The summed E-state index contributed by atoms with van der Waals surface area (Å²) in [7, 11) is 0. The Labute approximate surface area is 188 Å². The van der Waals surface area contributed by atoms with Crippen LogP contribution in [-0.2, 0) is 4.79 Å². The molecule has 1 amide bonds. The maximum absolute atomic E-state index is 12.8. The quantitative estimate of drug-likeness (QED) is 0.544. The molecule has 0 bridgehead atoms. The molecule has 0 aliphatic carbocycles. The molecular weight excluding hydrogens is 404 g/mol. The normalized spacial score (nSPS) is 16.2. The van der Waals surface area contributed by atoms with Gasteiger partial charge in [0.15, 0.2) is 0 Å². The molecule has 31 heavy (non-hydrogen) atoms. The van der Waals surface area contributed by atoms with Crippen LogP contribution in [0.15, 0.2) is 54.6 Å². The van der Waals surface area contributed by atoms with E-state index in [0.29, 0.717) is 5.92 Å². The number of rotatable bonds is 7. The van der Waals surface area contributed by atoms with Crippen molar-refractivity contribution >= 4 is 22.9 Å². The molecule has 1 aromatic heterocycles. The van der Waals surface area contributed by atoms with E-state index in [1.807, 2.05) is 31.2 Å². The molecule has 1 aliphatic rings. The molecule has 0 saturated carbocycles. The minimum absolute atomic E-state index is 0.0789. The molecule has 0 spiro atoms. The predicted molar refractivity (Wildman–Crippen MR) is 127 cm³/mol. The Bertz CT molecular complexity index is 996. The number of hydrogen-bond donors (Lipinski definition) is 1. The first-order valence-corrected chi connectivity index (χ1v) is 11.9. The standard InChI is InChI=1S/C25H30N4OS/c1-18(20-7-4-3-5-8-20)11-14-29-15-12-21(13-16-29)24(30)26-23-10-6-9-22(17-23)25-28-27-19(2)31-25/h3-10,17-18,21H,11-16H2,1-2H3,(H,26,30)/t18-/m1/s1. The number of piperidine rings is 1. The second-order valence-electron chi connectivity index (χ2n) is 8.41. The monoisotopic (exact) mass is 434 g/mol. The van der Waals surface area contributed by atoms with Gasteiger partial charge in [-0.15, -0.1) is 10.2 Å². The van der Waals surface area contributed by atoms with Crippen molar-refractivity contribution in [2.24, 2.45) is 5.92 Å². The van der Waals surface area contributed by atoms with Crippen LogP contribution in [0.4, 0.5) is 5.69 Å². The largest absolute Gasteiger partial charge is 0.326 e. The van der Waals surface area contributed by atoms with Crippen molar-refractivity contribution in [2.75, 3.05) is 25.0 Å². The maximum Gasteiger partial charge on any atom is 0.227 e. The first-order chi connectivity index (χ1) is 15.1. The number of amides is 1. The molecule has 162 valence electrons. The fourth-order valence-corrected chi connectivity index (χ4v) is 4.82. The smallest absolute Gasteiger partial charge is 0.227 e. The lowest BCUT2D eigenvalue weighted by Gasteiger charge is -2.32. The van der Waals surface area contributed by atoms with Crippen molar-refractivity contribution in [3.8, 4) is 10.6 Å². The number of aromatic nitrogens is 2.